The summed E-state index contributed by atoms with van der Waals surface area (Å²) in [5.41, 5.74) is 0.788. The van der Waals surface area contributed by atoms with Crippen molar-refractivity contribution in [2.75, 3.05) is 17.9 Å². The van der Waals surface area contributed by atoms with Crippen molar-refractivity contribution >= 4 is 34.6 Å². The summed E-state index contributed by atoms with van der Waals surface area (Å²) in [6, 6.07) is 16.9. The van der Waals surface area contributed by atoms with E-state index in [-0.39, 0.29) is 12.4 Å². The van der Waals surface area contributed by atoms with Crippen molar-refractivity contribution in [3.63, 3.8) is 0 Å². The molecule has 1 aliphatic rings. The third kappa shape index (κ3) is 3.63. The minimum atomic E-state index is -3.13. The summed E-state index contributed by atoms with van der Waals surface area (Å²) in [5, 5.41) is 3.07. The molecule has 24 heavy (non-hydrogen) atoms. The molecular formula is C17H23ClN2O3S. The molecule has 0 unspecified atom stereocenters. The molecule has 132 valence electrons. The smallest absolute Gasteiger partial charge is 0.206 e. The number of halogens is 1. The highest BCUT2D eigenvalue weighted by Crippen LogP contribution is 2.61. The van der Waals surface area contributed by atoms with Gasteiger partial charge in [-0.05, 0) is 44.3 Å². The molecule has 1 heterocycles. The average Bonchev–Trinajstić information content (AvgIpc) is 2.56. The van der Waals surface area contributed by atoms with Gasteiger partial charge < -0.3 is 10.1 Å². The molecular weight excluding hydrogens is 348 g/mol. The van der Waals surface area contributed by atoms with Gasteiger partial charge in [-0.2, -0.15) is 0 Å². The lowest BCUT2D eigenvalue weighted by molar-refractivity contribution is 0.235. The number of rotatable bonds is 5. The van der Waals surface area contributed by atoms with Crippen LogP contribution in [-0.2, 0) is 0 Å². The van der Waals surface area contributed by atoms with Crippen LogP contribution in [-0.4, -0.2) is 28.1 Å². The number of fused-ring (bicyclic) bond motifs is 1. The number of hydrogen-bond acceptors (Lipinski definition) is 5. The Morgan fingerprint density at radius 3 is 2.46 bits per heavy atom. The predicted molar refractivity (Wildman–Crippen MR) is 103 cm³/mol. The Bertz CT molecular complexity index is 657. The first-order chi connectivity index (χ1) is 11.1. The van der Waals surface area contributed by atoms with Gasteiger partial charge in [0.15, 0.2) is 0 Å². The van der Waals surface area contributed by atoms with Gasteiger partial charge in [0.25, 0.3) is 0 Å². The SMILES string of the molecule is CNCCC[C@@H]1Oc2ccccc2N(c2ccccc2)S1(O)O.Cl. The molecule has 1 atom stereocenters. The van der Waals surface area contributed by atoms with Crippen LogP contribution in [0.2, 0.25) is 0 Å². The van der Waals surface area contributed by atoms with Gasteiger partial charge in [-0.3, -0.25) is 9.11 Å². The number of para-hydroxylation sites is 3. The fourth-order valence-corrected chi connectivity index (χ4v) is 4.54. The van der Waals surface area contributed by atoms with E-state index in [1.54, 1.807) is 4.31 Å². The van der Waals surface area contributed by atoms with Crippen molar-refractivity contribution in [2.24, 2.45) is 0 Å². The summed E-state index contributed by atoms with van der Waals surface area (Å²) in [7, 11) is -1.25. The number of hydrogen-bond donors (Lipinski definition) is 3. The molecule has 1 aliphatic heterocycles. The Hall–Kier alpha value is -1.44. The van der Waals surface area contributed by atoms with E-state index in [9.17, 15) is 9.11 Å². The molecule has 0 saturated heterocycles. The highest BCUT2D eigenvalue weighted by Gasteiger charge is 2.40. The lowest BCUT2D eigenvalue weighted by Gasteiger charge is -2.51. The highest BCUT2D eigenvalue weighted by molar-refractivity contribution is 8.26. The maximum atomic E-state index is 10.9. The molecule has 7 heteroatoms. The van der Waals surface area contributed by atoms with Crippen molar-refractivity contribution in [2.45, 2.75) is 18.3 Å². The van der Waals surface area contributed by atoms with Crippen LogP contribution in [0.15, 0.2) is 54.6 Å². The van der Waals surface area contributed by atoms with E-state index < -0.39 is 16.2 Å². The number of nitrogens with one attached hydrogen (secondary N) is 1. The van der Waals surface area contributed by atoms with Crippen LogP contribution in [0, 0.1) is 0 Å². The fourth-order valence-electron chi connectivity index (χ4n) is 2.71. The van der Waals surface area contributed by atoms with Gasteiger partial charge in [0.05, 0.1) is 5.69 Å². The van der Waals surface area contributed by atoms with Gasteiger partial charge in [0, 0.05) is 6.42 Å². The van der Waals surface area contributed by atoms with Gasteiger partial charge in [-0.15, -0.1) is 12.4 Å². The predicted octanol–water partition coefficient (Wildman–Crippen LogP) is 4.63. The second-order valence-corrected chi connectivity index (χ2v) is 7.47. The molecule has 3 rings (SSSR count). The summed E-state index contributed by atoms with van der Waals surface area (Å²) < 4.78 is 29.4. The molecule has 0 bridgehead atoms. The van der Waals surface area contributed by atoms with Crippen LogP contribution in [0.1, 0.15) is 12.8 Å². The number of benzene rings is 2. The number of ether oxygens (including phenoxy) is 1. The zero-order valence-corrected chi connectivity index (χ0v) is 15.1. The lowest BCUT2D eigenvalue weighted by Crippen LogP contribution is -2.39. The Morgan fingerprint density at radius 2 is 1.75 bits per heavy atom. The Balaban J connectivity index is 0.00000208. The fraction of sp³-hybridized carbons (Fsp3) is 0.294. The summed E-state index contributed by atoms with van der Waals surface area (Å²) in [6.07, 6.45) is 1.38. The van der Waals surface area contributed by atoms with Crippen molar-refractivity contribution in [3.05, 3.63) is 54.6 Å². The number of anilines is 2. The molecule has 2 aromatic carbocycles. The summed E-state index contributed by atoms with van der Waals surface area (Å²) >= 11 is 0. The largest absolute Gasteiger partial charge is 0.467 e. The zero-order chi connectivity index (χ0) is 16.3. The molecule has 0 saturated carbocycles. The highest BCUT2D eigenvalue weighted by atomic mass is 35.5. The third-order valence-corrected chi connectivity index (χ3v) is 5.80. The van der Waals surface area contributed by atoms with E-state index in [0.29, 0.717) is 17.9 Å². The van der Waals surface area contributed by atoms with Crippen LogP contribution in [0.3, 0.4) is 0 Å². The lowest BCUT2D eigenvalue weighted by atomic mass is 10.2. The minimum absolute atomic E-state index is 0. The molecule has 0 aromatic heterocycles. The molecule has 0 amide bonds. The Labute approximate surface area is 150 Å². The second-order valence-electron chi connectivity index (χ2n) is 5.45. The quantitative estimate of drug-likeness (QED) is 0.669. The van der Waals surface area contributed by atoms with E-state index >= 15 is 0 Å². The van der Waals surface area contributed by atoms with E-state index in [4.69, 9.17) is 4.74 Å². The van der Waals surface area contributed by atoms with Gasteiger partial charge in [-0.1, -0.05) is 41.1 Å². The molecule has 2 aromatic rings. The van der Waals surface area contributed by atoms with E-state index in [1.807, 2.05) is 61.6 Å². The van der Waals surface area contributed by atoms with Crippen LogP contribution in [0.5, 0.6) is 5.75 Å². The first kappa shape index (κ1) is 18.9. The van der Waals surface area contributed by atoms with E-state index in [1.165, 1.54) is 0 Å². The van der Waals surface area contributed by atoms with Crippen LogP contribution >= 0.6 is 23.2 Å². The summed E-state index contributed by atoms with van der Waals surface area (Å²) in [4.78, 5) is 0. The standard InChI is InChI=1S/C17H22N2O3S.ClH/c1-18-13-7-12-17-22-16-11-6-5-10-15(16)19(23(17,20)21)14-8-3-2-4-9-14;/h2-6,8-11,17-18,20-21H,7,12-13H2,1H3;1H/t17-;/m1./s1. The summed E-state index contributed by atoms with van der Waals surface area (Å²) in [5.74, 6) is 0.678. The molecule has 5 nitrogen and oxygen atoms in total. The third-order valence-electron chi connectivity index (χ3n) is 3.82. The maximum absolute atomic E-state index is 10.9. The van der Waals surface area contributed by atoms with Crippen LogP contribution in [0.4, 0.5) is 11.4 Å². The second kappa shape index (κ2) is 8.09. The van der Waals surface area contributed by atoms with Gasteiger partial charge >= 0.3 is 0 Å². The monoisotopic (exact) mass is 370 g/mol. The van der Waals surface area contributed by atoms with E-state index in [0.717, 1.165) is 18.7 Å². The van der Waals surface area contributed by atoms with Gasteiger partial charge in [0.2, 0.25) is 5.44 Å². The Morgan fingerprint density at radius 1 is 1.08 bits per heavy atom. The van der Waals surface area contributed by atoms with Crippen LogP contribution in [0.25, 0.3) is 0 Å². The van der Waals surface area contributed by atoms with Crippen molar-refractivity contribution in [1.29, 1.82) is 0 Å². The first-order valence-corrected chi connectivity index (χ1v) is 9.24. The van der Waals surface area contributed by atoms with Crippen LogP contribution < -0.4 is 14.4 Å². The average molecular weight is 371 g/mol. The van der Waals surface area contributed by atoms with Crippen molar-refractivity contribution in [3.8, 4) is 5.75 Å². The molecule has 0 fully saturated rings. The molecule has 0 spiro atoms. The molecule has 0 radical (unpaired) electrons. The van der Waals surface area contributed by atoms with Gasteiger partial charge in [0.1, 0.15) is 11.4 Å². The first-order valence-electron chi connectivity index (χ1n) is 7.67. The van der Waals surface area contributed by atoms with Gasteiger partial charge in [-0.25, -0.2) is 4.31 Å². The summed E-state index contributed by atoms with van der Waals surface area (Å²) in [6.45, 7) is 0.808. The molecule has 3 N–H and O–H groups in total. The minimum Gasteiger partial charge on any atom is -0.467 e. The van der Waals surface area contributed by atoms with Crippen molar-refractivity contribution < 1.29 is 13.8 Å². The normalized spacial score (nSPS) is 19.6. The Kier molecular flexibility index (Phi) is 6.37. The zero-order valence-electron chi connectivity index (χ0n) is 13.5. The molecule has 0 aliphatic carbocycles. The topological polar surface area (TPSA) is 65.0 Å². The number of nitrogens with zero attached hydrogens (tertiary/aromatic N) is 1. The van der Waals surface area contributed by atoms with Crippen molar-refractivity contribution in [1.82, 2.24) is 5.32 Å². The maximum Gasteiger partial charge on any atom is 0.206 e. The van der Waals surface area contributed by atoms with E-state index in [2.05, 4.69) is 5.32 Å².